The number of fused-ring (bicyclic) bond motifs is 1. The van der Waals surface area contributed by atoms with E-state index in [9.17, 15) is 9.18 Å². The summed E-state index contributed by atoms with van der Waals surface area (Å²) in [5.41, 5.74) is 13.7. The maximum absolute atomic E-state index is 14.4. The van der Waals surface area contributed by atoms with Gasteiger partial charge in [-0.3, -0.25) is 9.36 Å². The molecule has 1 amide bonds. The van der Waals surface area contributed by atoms with Crippen LogP contribution in [0.4, 0.5) is 10.2 Å². The van der Waals surface area contributed by atoms with E-state index >= 15 is 0 Å². The van der Waals surface area contributed by atoms with E-state index in [1.807, 2.05) is 0 Å². The fourth-order valence-electron chi connectivity index (χ4n) is 3.04. The summed E-state index contributed by atoms with van der Waals surface area (Å²) in [5.74, 6) is -0.217. The van der Waals surface area contributed by atoms with E-state index in [-0.39, 0.29) is 11.4 Å². The number of primary amides is 1. The Balaban J connectivity index is 2.54. The molecule has 130 valence electrons. The van der Waals surface area contributed by atoms with Crippen molar-refractivity contribution in [3.05, 3.63) is 40.6 Å². The van der Waals surface area contributed by atoms with E-state index in [2.05, 4.69) is 9.97 Å². The molecular weight excluding hydrogens is 325 g/mol. The molecule has 2 aromatic heterocycles. The van der Waals surface area contributed by atoms with Gasteiger partial charge in [-0.05, 0) is 20.8 Å². The van der Waals surface area contributed by atoms with Gasteiger partial charge in [-0.15, -0.1) is 0 Å². The number of amides is 1. The second-order valence-electron chi connectivity index (χ2n) is 5.77. The highest BCUT2D eigenvalue weighted by Gasteiger charge is 2.25. The summed E-state index contributed by atoms with van der Waals surface area (Å²) >= 11 is 0. The van der Waals surface area contributed by atoms with E-state index in [1.165, 1.54) is 23.9 Å². The number of carbonyl (C=O) groups excluding carboxylic acids is 1. The number of carbonyl (C=O) groups is 1. The molecule has 3 rings (SSSR count). The van der Waals surface area contributed by atoms with Crippen LogP contribution in [0.2, 0.25) is 0 Å². The maximum atomic E-state index is 14.4. The van der Waals surface area contributed by atoms with E-state index in [1.54, 1.807) is 20.8 Å². The third-order valence-corrected chi connectivity index (χ3v) is 4.25. The first-order valence-corrected chi connectivity index (χ1v) is 7.55. The van der Waals surface area contributed by atoms with Gasteiger partial charge in [0.25, 0.3) is 5.91 Å². The van der Waals surface area contributed by atoms with Crippen LogP contribution in [0.1, 0.15) is 27.3 Å². The Hall–Kier alpha value is -3.16. The molecule has 3 aromatic rings. The van der Waals surface area contributed by atoms with Crippen molar-refractivity contribution < 1.29 is 13.9 Å². The molecule has 0 saturated heterocycles. The molecule has 0 bridgehead atoms. The number of halogens is 1. The Morgan fingerprint density at radius 2 is 1.96 bits per heavy atom. The van der Waals surface area contributed by atoms with Crippen molar-refractivity contribution in [3.63, 3.8) is 0 Å². The van der Waals surface area contributed by atoms with Crippen molar-refractivity contribution in [1.82, 2.24) is 14.5 Å². The van der Waals surface area contributed by atoms with Gasteiger partial charge in [-0.2, -0.15) is 0 Å². The van der Waals surface area contributed by atoms with Crippen LogP contribution in [0.5, 0.6) is 5.75 Å². The molecule has 0 spiro atoms. The Labute approximate surface area is 143 Å². The van der Waals surface area contributed by atoms with Crippen LogP contribution < -0.4 is 16.2 Å². The number of hydrogen-bond donors (Lipinski definition) is 2. The third-order valence-electron chi connectivity index (χ3n) is 4.25. The van der Waals surface area contributed by atoms with Crippen molar-refractivity contribution in [2.75, 3.05) is 12.8 Å². The van der Waals surface area contributed by atoms with Gasteiger partial charge in [-0.1, -0.05) is 0 Å². The SMILES string of the molecule is COc1cc(F)c(C)c(-n2c(N)c(C(N)=O)c3cnc(C)nc32)c1C. The molecule has 8 heteroatoms. The summed E-state index contributed by atoms with van der Waals surface area (Å²) < 4.78 is 21.2. The molecule has 0 radical (unpaired) electrons. The molecule has 2 heterocycles. The average molecular weight is 343 g/mol. The first kappa shape index (κ1) is 16.7. The molecular formula is C17H18FN5O2. The van der Waals surface area contributed by atoms with Gasteiger partial charge in [0, 0.05) is 23.4 Å². The van der Waals surface area contributed by atoms with Gasteiger partial charge in [0.15, 0.2) is 5.65 Å². The quantitative estimate of drug-likeness (QED) is 0.757. The number of benzene rings is 1. The highest BCUT2D eigenvalue weighted by Crippen LogP contribution is 2.36. The number of aryl methyl sites for hydroxylation is 1. The zero-order valence-corrected chi connectivity index (χ0v) is 14.3. The summed E-state index contributed by atoms with van der Waals surface area (Å²) in [6.07, 6.45) is 1.49. The molecule has 0 atom stereocenters. The first-order chi connectivity index (χ1) is 11.8. The second kappa shape index (κ2) is 5.73. The lowest BCUT2D eigenvalue weighted by atomic mass is 10.1. The standard InChI is InChI=1S/C17H18FN5O2/c1-7-11(18)5-12(25-4)8(2)14(7)23-15(19)13(16(20)24)10-6-21-9(3)22-17(10)23/h5-6H,19H2,1-4H3,(H2,20,24). The van der Waals surface area contributed by atoms with Crippen molar-refractivity contribution in [1.29, 1.82) is 0 Å². The largest absolute Gasteiger partial charge is 0.496 e. The topological polar surface area (TPSA) is 109 Å². The third kappa shape index (κ3) is 2.37. The fourth-order valence-corrected chi connectivity index (χ4v) is 3.04. The molecule has 0 saturated carbocycles. The number of anilines is 1. The van der Waals surface area contributed by atoms with E-state index < -0.39 is 11.7 Å². The summed E-state index contributed by atoms with van der Waals surface area (Å²) in [6, 6.07) is 1.31. The lowest BCUT2D eigenvalue weighted by Crippen LogP contribution is -2.14. The van der Waals surface area contributed by atoms with Crippen LogP contribution in [0, 0.1) is 26.6 Å². The van der Waals surface area contributed by atoms with Crippen molar-refractivity contribution in [2.24, 2.45) is 5.73 Å². The predicted molar refractivity (Wildman–Crippen MR) is 92.5 cm³/mol. The Morgan fingerprint density at radius 3 is 2.56 bits per heavy atom. The number of rotatable bonds is 3. The van der Waals surface area contributed by atoms with E-state index in [4.69, 9.17) is 16.2 Å². The van der Waals surface area contributed by atoms with Crippen molar-refractivity contribution in [2.45, 2.75) is 20.8 Å². The number of nitrogen functional groups attached to an aromatic ring is 1. The van der Waals surface area contributed by atoms with Crippen molar-refractivity contribution >= 4 is 22.8 Å². The number of aromatic nitrogens is 3. The number of ether oxygens (including phenoxy) is 1. The molecule has 0 aliphatic rings. The lowest BCUT2D eigenvalue weighted by molar-refractivity contribution is 0.100. The highest BCUT2D eigenvalue weighted by molar-refractivity contribution is 6.10. The first-order valence-electron chi connectivity index (χ1n) is 7.55. The summed E-state index contributed by atoms with van der Waals surface area (Å²) in [6.45, 7) is 5.12. The zero-order valence-electron chi connectivity index (χ0n) is 14.3. The van der Waals surface area contributed by atoms with Gasteiger partial charge in [0.2, 0.25) is 0 Å². The number of nitrogens with zero attached hydrogens (tertiary/aromatic N) is 3. The Morgan fingerprint density at radius 1 is 1.28 bits per heavy atom. The second-order valence-corrected chi connectivity index (χ2v) is 5.77. The van der Waals surface area contributed by atoms with Gasteiger partial charge in [-0.25, -0.2) is 14.4 Å². The van der Waals surface area contributed by atoms with Gasteiger partial charge < -0.3 is 16.2 Å². The molecule has 4 N–H and O–H groups in total. The van der Waals surface area contributed by atoms with Crippen LogP contribution in [0.15, 0.2) is 12.3 Å². The summed E-state index contributed by atoms with van der Waals surface area (Å²) in [4.78, 5) is 20.4. The maximum Gasteiger partial charge on any atom is 0.253 e. The normalized spacial score (nSPS) is 11.1. The van der Waals surface area contributed by atoms with Gasteiger partial charge in [0.1, 0.15) is 23.2 Å². The monoisotopic (exact) mass is 343 g/mol. The Bertz CT molecular complexity index is 1030. The average Bonchev–Trinajstić information content (AvgIpc) is 2.83. The molecule has 0 aliphatic carbocycles. The summed E-state index contributed by atoms with van der Waals surface area (Å²) in [5, 5.41) is 0.414. The van der Waals surface area contributed by atoms with Crippen LogP contribution in [-0.4, -0.2) is 27.6 Å². The van der Waals surface area contributed by atoms with Crippen LogP contribution in [-0.2, 0) is 0 Å². The van der Waals surface area contributed by atoms with E-state index in [0.29, 0.717) is 39.4 Å². The molecule has 0 fully saturated rings. The minimum Gasteiger partial charge on any atom is -0.496 e. The molecule has 0 aliphatic heterocycles. The van der Waals surface area contributed by atoms with Crippen LogP contribution >= 0.6 is 0 Å². The summed E-state index contributed by atoms with van der Waals surface area (Å²) in [7, 11) is 1.46. The van der Waals surface area contributed by atoms with Crippen LogP contribution in [0.25, 0.3) is 16.7 Å². The van der Waals surface area contributed by atoms with E-state index in [0.717, 1.165) is 0 Å². The smallest absolute Gasteiger partial charge is 0.253 e. The number of hydrogen-bond acceptors (Lipinski definition) is 5. The van der Waals surface area contributed by atoms with Crippen LogP contribution in [0.3, 0.4) is 0 Å². The lowest BCUT2D eigenvalue weighted by Gasteiger charge is -2.17. The number of nitrogens with two attached hydrogens (primary N) is 2. The molecule has 25 heavy (non-hydrogen) atoms. The van der Waals surface area contributed by atoms with Crippen molar-refractivity contribution in [3.8, 4) is 11.4 Å². The zero-order chi connectivity index (χ0) is 18.5. The van der Waals surface area contributed by atoms with Gasteiger partial charge in [0.05, 0.1) is 23.7 Å². The highest BCUT2D eigenvalue weighted by atomic mass is 19.1. The Kier molecular flexibility index (Phi) is 3.82. The fraction of sp³-hybridized carbons (Fsp3) is 0.235. The minimum atomic E-state index is -0.702. The molecule has 7 nitrogen and oxygen atoms in total. The molecule has 1 aromatic carbocycles. The molecule has 0 unspecified atom stereocenters. The minimum absolute atomic E-state index is 0.0845. The van der Waals surface area contributed by atoms with Gasteiger partial charge >= 0.3 is 0 Å². The predicted octanol–water partition coefficient (Wildman–Crippen LogP) is 2.17. The number of methoxy groups -OCH3 is 1.